The maximum atomic E-state index is 11.7. The molecule has 0 aromatic carbocycles. The molecular formula is C14H21NO2. The number of ether oxygens (including phenoxy) is 1. The molecule has 0 atom stereocenters. The molecule has 0 radical (unpaired) electrons. The highest BCUT2D eigenvalue weighted by molar-refractivity contribution is 5.88. The van der Waals surface area contributed by atoms with E-state index < -0.39 is 0 Å². The van der Waals surface area contributed by atoms with Gasteiger partial charge in [-0.2, -0.15) is 0 Å². The van der Waals surface area contributed by atoms with Crippen LogP contribution in [0, 0.1) is 5.92 Å². The summed E-state index contributed by atoms with van der Waals surface area (Å²) in [6.07, 6.45) is 7.69. The van der Waals surface area contributed by atoms with E-state index in [4.69, 9.17) is 4.74 Å². The summed E-state index contributed by atoms with van der Waals surface area (Å²) in [7, 11) is 0. The van der Waals surface area contributed by atoms with Gasteiger partial charge in [0.2, 0.25) is 0 Å². The Kier molecular flexibility index (Phi) is 6.30. The summed E-state index contributed by atoms with van der Waals surface area (Å²) in [4.78, 5) is 15.6. The molecule has 0 amide bonds. The zero-order chi connectivity index (χ0) is 12.5. The minimum Gasteiger partial charge on any atom is -0.462 e. The van der Waals surface area contributed by atoms with Crippen molar-refractivity contribution in [2.45, 2.75) is 39.5 Å². The molecule has 0 bridgehead atoms. The summed E-state index contributed by atoms with van der Waals surface area (Å²) in [5.74, 6) is 0.223. The molecule has 1 heterocycles. The van der Waals surface area contributed by atoms with Crippen LogP contribution in [-0.4, -0.2) is 17.6 Å². The highest BCUT2D eigenvalue weighted by Crippen LogP contribution is 2.14. The van der Waals surface area contributed by atoms with Crippen molar-refractivity contribution in [3.8, 4) is 0 Å². The zero-order valence-electron chi connectivity index (χ0n) is 10.7. The molecule has 0 saturated carbocycles. The lowest BCUT2D eigenvalue weighted by Gasteiger charge is -2.15. The molecule has 0 aliphatic carbocycles. The predicted octanol–water partition coefficient (Wildman–Crippen LogP) is 3.45. The van der Waals surface area contributed by atoms with Gasteiger partial charge in [-0.3, -0.25) is 4.98 Å². The Hall–Kier alpha value is -1.38. The maximum Gasteiger partial charge on any atom is 0.339 e. The minimum absolute atomic E-state index is 0.268. The normalized spacial score (nSPS) is 10.5. The van der Waals surface area contributed by atoms with Crippen LogP contribution < -0.4 is 0 Å². The second kappa shape index (κ2) is 7.82. The van der Waals surface area contributed by atoms with Gasteiger partial charge in [0.15, 0.2) is 0 Å². The molecule has 0 saturated heterocycles. The fourth-order valence-corrected chi connectivity index (χ4v) is 1.89. The van der Waals surface area contributed by atoms with Crippen LogP contribution in [0.4, 0.5) is 0 Å². The Bertz CT molecular complexity index is 318. The first-order valence-corrected chi connectivity index (χ1v) is 6.35. The number of hydrogen-bond acceptors (Lipinski definition) is 3. The van der Waals surface area contributed by atoms with Crippen LogP contribution in [0.1, 0.15) is 49.9 Å². The fraction of sp³-hybridized carbons (Fsp3) is 0.571. The monoisotopic (exact) mass is 235 g/mol. The number of rotatable bonds is 7. The van der Waals surface area contributed by atoms with Crippen molar-refractivity contribution in [2.24, 2.45) is 5.92 Å². The van der Waals surface area contributed by atoms with Gasteiger partial charge < -0.3 is 4.74 Å². The van der Waals surface area contributed by atoms with Gasteiger partial charge in [0, 0.05) is 12.4 Å². The van der Waals surface area contributed by atoms with Gasteiger partial charge in [0.05, 0.1) is 12.2 Å². The van der Waals surface area contributed by atoms with Crippen LogP contribution in [0.15, 0.2) is 24.5 Å². The standard InChI is InChI=1S/C14H21NO2/c1-3-6-12(7-4-2)11-17-14(16)13-8-5-9-15-10-13/h5,8-10,12H,3-4,6-7,11H2,1-2H3. The molecule has 0 aliphatic rings. The first-order chi connectivity index (χ1) is 8.27. The van der Waals surface area contributed by atoms with E-state index in [1.165, 1.54) is 6.20 Å². The van der Waals surface area contributed by atoms with E-state index in [2.05, 4.69) is 18.8 Å². The van der Waals surface area contributed by atoms with Crippen molar-refractivity contribution in [3.63, 3.8) is 0 Å². The Labute approximate surface area is 103 Å². The van der Waals surface area contributed by atoms with Crippen LogP contribution in [0.25, 0.3) is 0 Å². The van der Waals surface area contributed by atoms with Gasteiger partial charge >= 0.3 is 5.97 Å². The Morgan fingerprint density at radius 2 is 2.06 bits per heavy atom. The van der Waals surface area contributed by atoms with Crippen molar-refractivity contribution >= 4 is 5.97 Å². The molecule has 1 rings (SSSR count). The van der Waals surface area contributed by atoms with E-state index >= 15 is 0 Å². The molecular weight excluding hydrogens is 214 g/mol. The van der Waals surface area contributed by atoms with Crippen molar-refractivity contribution in [1.29, 1.82) is 0 Å². The highest BCUT2D eigenvalue weighted by Gasteiger charge is 2.12. The molecule has 1 aromatic rings. The average Bonchev–Trinajstić information content (AvgIpc) is 2.37. The SMILES string of the molecule is CCCC(CCC)COC(=O)c1cccnc1. The van der Waals surface area contributed by atoms with E-state index in [1.54, 1.807) is 18.3 Å². The second-order valence-corrected chi connectivity index (χ2v) is 4.28. The lowest BCUT2D eigenvalue weighted by atomic mass is 9.99. The number of carbonyl (C=O) groups excluding carboxylic acids is 1. The van der Waals surface area contributed by atoms with Gasteiger partial charge in [0.25, 0.3) is 0 Å². The largest absolute Gasteiger partial charge is 0.462 e. The Morgan fingerprint density at radius 3 is 2.59 bits per heavy atom. The van der Waals surface area contributed by atoms with Crippen molar-refractivity contribution in [3.05, 3.63) is 30.1 Å². The number of esters is 1. The van der Waals surface area contributed by atoms with Gasteiger partial charge in [-0.1, -0.05) is 26.7 Å². The zero-order valence-corrected chi connectivity index (χ0v) is 10.7. The van der Waals surface area contributed by atoms with Gasteiger partial charge in [0.1, 0.15) is 0 Å². The average molecular weight is 235 g/mol. The van der Waals surface area contributed by atoms with Crippen LogP contribution in [0.3, 0.4) is 0 Å². The third kappa shape index (κ3) is 4.98. The highest BCUT2D eigenvalue weighted by atomic mass is 16.5. The number of aromatic nitrogens is 1. The summed E-state index contributed by atoms with van der Waals surface area (Å²) in [6, 6.07) is 3.47. The van der Waals surface area contributed by atoms with Crippen LogP contribution in [0.5, 0.6) is 0 Å². The number of pyridine rings is 1. The minimum atomic E-state index is -0.268. The molecule has 3 heteroatoms. The summed E-state index contributed by atoms with van der Waals surface area (Å²) >= 11 is 0. The molecule has 0 unspecified atom stereocenters. The smallest absolute Gasteiger partial charge is 0.339 e. The van der Waals surface area contributed by atoms with E-state index in [9.17, 15) is 4.79 Å². The van der Waals surface area contributed by atoms with E-state index in [1.807, 2.05) is 0 Å². The molecule has 3 nitrogen and oxygen atoms in total. The lowest BCUT2D eigenvalue weighted by Crippen LogP contribution is -2.14. The lowest BCUT2D eigenvalue weighted by molar-refractivity contribution is 0.0424. The second-order valence-electron chi connectivity index (χ2n) is 4.28. The third-order valence-electron chi connectivity index (χ3n) is 2.74. The van der Waals surface area contributed by atoms with Crippen LogP contribution >= 0.6 is 0 Å². The summed E-state index contributed by atoms with van der Waals surface area (Å²) in [5, 5.41) is 0. The van der Waals surface area contributed by atoms with Gasteiger partial charge in [-0.05, 0) is 30.9 Å². The van der Waals surface area contributed by atoms with Crippen molar-refractivity contribution in [1.82, 2.24) is 4.98 Å². The number of hydrogen-bond donors (Lipinski definition) is 0. The molecule has 1 aromatic heterocycles. The molecule has 0 aliphatic heterocycles. The topological polar surface area (TPSA) is 39.2 Å². The first kappa shape index (κ1) is 13.7. The molecule has 17 heavy (non-hydrogen) atoms. The van der Waals surface area contributed by atoms with E-state index in [0.717, 1.165) is 25.7 Å². The first-order valence-electron chi connectivity index (χ1n) is 6.35. The van der Waals surface area contributed by atoms with Gasteiger partial charge in [-0.25, -0.2) is 4.79 Å². The van der Waals surface area contributed by atoms with Crippen LogP contribution in [0.2, 0.25) is 0 Å². The van der Waals surface area contributed by atoms with Crippen LogP contribution in [-0.2, 0) is 4.74 Å². The molecule has 0 spiro atoms. The van der Waals surface area contributed by atoms with Crippen molar-refractivity contribution in [2.75, 3.05) is 6.61 Å². The third-order valence-corrected chi connectivity index (χ3v) is 2.74. The van der Waals surface area contributed by atoms with E-state index in [-0.39, 0.29) is 5.97 Å². The van der Waals surface area contributed by atoms with Crippen molar-refractivity contribution < 1.29 is 9.53 Å². The fourth-order valence-electron chi connectivity index (χ4n) is 1.89. The summed E-state index contributed by atoms with van der Waals surface area (Å²) in [5.41, 5.74) is 0.527. The van der Waals surface area contributed by atoms with E-state index in [0.29, 0.717) is 18.1 Å². The Morgan fingerprint density at radius 1 is 1.35 bits per heavy atom. The molecule has 0 fully saturated rings. The molecule has 0 N–H and O–H groups in total. The molecule has 94 valence electrons. The summed E-state index contributed by atoms with van der Waals surface area (Å²) < 4.78 is 5.32. The maximum absolute atomic E-state index is 11.7. The Balaban J connectivity index is 2.41. The number of nitrogens with zero attached hydrogens (tertiary/aromatic N) is 1. The summed E-state index contributed by atoms with van der Waals surface area (Å²) in [6.45, 7) is 4.84. The van der Waals surface area contributed by atoms with Gasteiger partial charge in [-0.15, -0.1) is 0 Å². The predicted molar refractivity (Wildman–Crippen MR) is 67.8 cm³/mol. The number of carbonyl (C=O) groups is 1. The quantitative estimate of drug-likeness (QED) is 0.679.